The van der Waals surface area contributed by atoms with Gasteiger partial charge in [0.15, 0.2) is 5.16 Å². The highest BCUT2D eigenvalue weighted by Crippen LogP contribution is 2.24. The largest absolute Gasteiger partial charge is 0.325 e. The normalized spacial score (nSPS) is 10.8. The van der Waals surface area contributed by atoms with Gasteiger partial charge in [0.05, 0.1) is 5.69 Å². The number of hydrogen-bond acceptors (Lipinski definition) is 2. The van der Waals surface area contributed by atoms with Crippen LogP contribution in [0.25, 0.3) is 11.3 Å². The molecule has 1 aromatic heterocycles. The van der Waals surface area contributed by atoms with Gasteiger partial charge in [-0.3, -0.25) is 0 Å². The fourth-order valence-corrected chi connectivity index (χ4v) is 3.07. The molecule has 1 heterocycles. The summed E-state index contributed by atoms with van der Waals surface area (Å²) in [6.45, 7) is 0.931. The van der Waals surface area contributed by atoms with Crippen molar-refractivity contribution in [1.29, 1.82) is 0 Å². The van der Waals surface area contributed by atoms with E-state index in [9.17, 15) is 0 Å². The maximum absolute atomic E-state index is 5.95. The smallest absolute Gasteiger partial charge is 0.168 e. The van der Waals surface area contributed by atoms with Gasteiger partial charge in [0.25, 0.3) is 0 Å². The lowest BCUT2D eigenvalue weighted by Crippen LogP contribution is -2.01. The number of rotatable bonds is 5. The fourth-order valence-electron chi connectivity index (χ4n) is 2.38. The van der Waals surface area contributed by atoms with Crippen molar-refractivity contribution in [2.45, 2.75) is 18.1 Å². The molecular weight excluding hydrogens is 312 g/mol. The van der Waals surface area contributed by atoms with E-state index in [4.69, 9.17) is 16.6 Å². The maximum Gasteiger partial charge on any atom is 0.168 e. The van der Waals surface area contributed by atoms with Crippen molar-refractivity contribution >= 4 is 23.4 Å². The Morgan fingerprint density at radius 3 is 2.45 bits per heavy atom. The Morgan fingerprint density at radius 1 is 1.05 bits per heavy atom. The minimum atomic E-state index is 0.748. The molecule has 2 nitrogen and oxygen atoms in total. The van der Waals surface area contributed by atoms with Gasteiger partial charge in [-0.15, -0.1) is 0 Å². The summed E-state index contributed by atoms with van der Waals surface area (Å²) in [5.74, 6) is 0. The fraction of sp³-hybridized carbons (Fsp3) is 0.167. The average molecular weight is 329 g/mol. The van der Waals surface area contributed by atoms with Crippen LogP contribution in [-0.4, -0.2) is 15.8 Å². The Hall–Kier alpha value is -1.71. The van der Waals surface area contributed by atoms with Crippen LogP contribution in [0, 0.1) is 0 Å². The van der Waals surface area contributed by atoms with Crippen molar-refractivity contribution in [3.8, 4) is 11.3 Å². The van der Waals surface area contributed by atoms with E-state index in [0.29, 0.717) is 0 Å². The molecule has 0 aliphatic carbocycles. The molecule has 3 aromatic rings. The van der Waals surface area contributed by atoms with Gasteiger partial charge in [-0.2, -0.15) is 0 Å². The van der Waals surface area contributed by atoms with Gasteiger partial charge < -0.3 is 4.57 Å². The van der Waals surface area contributed by atoms with Crippen LogP contribution in [0.5, 0.6) is 0 Å². The summed E-state index contributed by atoms with van der Waals surface area (Å²) >= 11 is 7.63. The third-order valence-corrected chi connectivity index (χ3v) is 4.49. The van der Waals surface area contributed by atoms with Gasteiger partial charge in [-0.1, -0.05) is 65.8 Å². The van der Waals surface area contributed by atoms with E-state index in [-0.39, 0.29) is 0 Å². The lowest BCUT2D eigenvalue weighted by Gasteiger charge is -2.05. The Labute approximate surface area is 140 Å². The third-order valence-electron chi connectivity index (χ3n) is 3.55. The molecule has 0 atom stereocenters. The summed E-state index contributed by atoms with van der Waals surface area (Å²) < 4.78 is 2.22. The first kappa shape index (κ1) is 15.2. The molecule has 112 valence electrons. The van der Waals surface area contributed by atoms with E-state index in [1.165, 1.54) is 5.56 Å². The number of aromatic nitrogens is 2. The minimum Gasteiger partial charge on any atom is -0.325 e. The lowest BCUT2D eigenvalue weighted by atomic mass is 10.1. The predicted molar refractivity (Wildman–Crippen MR) is 94.6 cm³/mol. The monoisotopic (exact) mass is 328 g/mol. The summed E-state index contributed by atoms with van der Waals surface area (Å²) in [6, 6.07) is 18.4. The molecule has 2 aromatic carbocycles. The quantitative estimate of drug-likeness (QED) is 0.601. The molecule has 0 aliphatic heterocycles. The van der Waals surface area contributed by atoms with Crippen LogP contribution < -0.4 is 0 Å². The van der Waals surface area contributed by atoms with Crippen molar-refractivity contribution in [1.82, 2.24) is 9.55 Å². The predicted octanol–water partition coefficient (Wildman–Crippen LogP) is 5.17. The SMILES string of the molecule is CSc1nc(-c2ccc(Cl)cc2)cn1CCc1ccccc1. The van der Waals surface area contributed by atoms with Crippen LogP contribution in [0.3, 0.4) is 0 Å². The Morgan fingerprint density at radius 2 is 1.77 bits per heavy atom. The second kappa shape index (κ2) is 7.03. The Kier molecular flexibility index (Phi) is 4.86. The van der Waals surface area contributed by atoms with Crippen molar-refractivity contribution < 1.29 is 0 Å². The number of thioether (sulfide) groups is 1. The van der Waals surface area contributed by atoms with Crippen molar-refractivity contribution in [2.75, 3.05) is 6.26 Å². The molecule has 4 heteroatoms. The first-order valence-electron chi connectivity index (χ1n) is 7.17. The third kappa shape index (κ3) is 3.54. The van der Waals surface area contributed by atoms with E-state index in [0.717, 1.165) is 34.4 Å². The lowest BCUT2D eigenvalue weighted by molar-refractivity contribution is 0.634. The highest BCUT2D eigenvalue weighted by atomic mass is 35.5. The van der Waals surface area contributed by atoms with E-state index >= 15 is 0 Å². The van der Waals surface area contributed by atoms with Crippen LogP contribution >= 0.6 is 23.4 Å². The highest BCUT2D eigenvalue weighted by Gasteiger charge is 2.09. The number of halogens is 1. The molecule has 0 N–H and O–H groups in total. The van der Waals surface area contributed by atoms with E-state index in [1.54, 1.807) is 11.8 Å². The van der Waals surface area contributed by atoms with E-state index in [1.807, 2.05) is 30.3 Å². The van der Waals surface area contributed by atoms with Crippen LogP contribution in [0.2, 0.25) is 5.02 Å². The van der Waals surface area contributed by atoms with Crippen LogP contribution in [0.1, 0.15) is 5.56 Å². The minimum absolute atomic E-state index is 0.748. The summed E-state index contributed by atoms with van der Waals surface area (Å²) in [7, 11) is 0. The Bertz CT molecular complexity index is 736. The van der Waals surface area contributed by atoms with Gasteiger partial charge in [0.1, 0.15) is 0 Å². The first-order chi connectivity index (χ1) is 10.8. The molecule has 0 saturated carbocycles. The standard InChI is InChI=1S/C18H17ClN2S/c1-22-18-20-17(15-7-9-16(19)10-8-15)13-21(18)12-11-14-5-3-2-4-6-14/h2-10,13H,11-12H2,1H3. The summed E-state index contributed by atoms with van der Waals surface area (Å²) in [4.78, 5) is 4.72. The van der Waals surface area contributed by atoms with Crippen LogP contribution in [0.4, 0.5) is 0 Å². The highest BCUT2D eigenvalue weighted by molar-refractivity contribution is 7.98. The second-order valence-corrected chi connectivity index (χ2v) is 6.26. The van der Waals surface area contributed by atoms with Gasteiger partial charge in [-0.25, -0.2) is 4.98 Å². The molecule has 0 spiro atoms. The number of nitrogens with zero attached hydrogens (tertiary/aromatic N) is 2. The van der Waals surface area contributed by atoms with Crippen molar-refractivity contribution in [3.05, 3.63) is 71.4 Å². The molecule has 0 bridgehead atoms. The molecule has 0 unspecified atom stereocenters. The molecule has 0 saturated heterocycles. The topological polar surface area (TPSA) is 17.8 Å². The van der Waals surface area contributed by atoms with E-state index < -0.39 is 0 Å². The summed E-state index contributed by atoms with van der Waals surface area (Å²) in [5.41, 5.74) is 3.43. The molecule has 0 fully saturated rings. The van der Waals surface area contributed by atoms with Gasteiger partial charge in [-0.05, 0) is 30.4 Å². The summed E-state index contributed by atoms with van der Waals surface area (Å²) in [5, 5.41) is 1.79. The van der Waals surface area contributed by atoms with Gasteiger partial charge in [0.2, 0.25) is 0 Å². The Balaban J connectivity index is 1.81. The first-order valence-corrected chi connectivity index (χ1v) is 8.77. The average Bonchev–Trinajstić information content (AvgIpc) is 2.98. The maximum atomic E-state index is 5.95. The van der Waals surface area contributed by atoms with Gasteiger partial charge >= 0.3 is 0 Å². The number of aryl methyl sites for hydroxylation is 2. The van der Waals surface area contributed by atoms with Crippen LogP contribution in [-0.2, 0) is 13.0 Å². The zero-order chi connectivity index (χ0) is 15.4. The molecular formula is C18H17ClN2S. The number of benzene rings is 2. The van der Waals surface area contributed by atoms with Crippen molar-refractivity contribution in [2.24, 2.45) is 0 Å². The zero-order valence-electron chi connectivity index (χ0n) is 12.4. The number of imidazole rings is 1. The number of hydrogen-bond donors (Lipinski definition) is 0. The second-order valence-electron chi connectivity index (χ2n) is 5.05. The van der Waals surface area contributed by atoms with Crippen molar-refractivity contribution in [3.63, 3.8) is 0 Å². The van der Waals surface area contributed by atoms with Gasteiger partial charge in [0, 0.05) is 23.3 Å². The molecule has 22 heavy (non-hydrogen) atoms. The summed E-state index contributed by atoms with van der Waals surface area (Å²) in [6.07, 6.45) is 5.19. The molecule has 0 amide bonds. The molecule has 3 rings (SSSR count). The molecule has 0 aliphatic rings. The van der Waals surface area contributed by atoms with E-state index in [2.05, 4.69) is 41.3 Å². The molecule has 0 radical (unpaired) electrons. The van der Waals surface area contributed by atoms with Crippen LogP contribution in [0.15, 0.2) is 66.0 Å². The zero-order valence-corrected chi connectivity index (χ0v) is 13.9.